The standard InChI is InChI=1S/C11H21NO/c1-10(2,3)7-8-11(4,5)9(13)12-6/h7-8H,1-6H3,(H,12,13)/b8-7+. The Morgan fingerprint density at radius 1 is 1.08 bits per heavy atom. The summed E-state index contributed by atoms with van der Waals surface area (Å²) in [5.74, 6) is 0.0491. The van der Waals surface area contributed by atoms with Gasteiger partial charge in [0.1, 0.15) is 0 Å². The number of rotatable bonds is 2. The van der Waals surface area contributed by atoms with Crippen LogP contribution in [0.15, 0.2) is 12.2 Å². The van der Waals surface area contributed by atoms with Crippen LogP contribution in [-0.4, -0.2) is 13.0 Å². The summed E-state index contributed by atoms with van der Waals surface area (Å²) in [5, 5.41) is 2.65. The highest BCUT2D eigenvalue weighted by molar-refractivity contribution is 5.83. The third kappa shape index (κ3) is 4.71. The lowest BCUT2D eigenvalue weighted by atomic mass is 9.87. The first kappa shape index (κ1) is 12.2. The molecule has 0 saturated heterocycles. The molecule has 0 aromatic heterocycles. The molecule has 1 N–H and O–H groups in total. The van der Waals surface area contributed by atoms with Crippen molar-refractivity contribution >= 4 is 5.91 Å². The summed E-state index contributed by atoms with van der Waals surface area (Å²) in [5.41, 5.74) is -0.284. The van der Waals surface area contributed by atoms with Gasteiger partial charge in [-0.15, -0.1) is 0 Å². The molecule has 0 aliphatic carbocycles. The molecular weight excluding hydrogens is 162 g/mol. The highest BCUT2D eigenvalue weighted by Gasteiger charge is 2.23. The first-order chi connectivity index (χ1) is 5.69. The van der Waals surface area contributed by atoms with Gasteiger partial charge in [0, 0.05) is 7.05 Å². The van der Waals surface area contributed by atoms with Crippen LogP contribution in [0.25, 0.3) is 0 Å². The minimum atomic E-state index is -0.415. The van der Waals surface area contributed by atoms with Crippen molar-refractivity contribution in [2.45, 2.75) is 34.6 Å². The second-order valence-corrected chi connectivity index (χ2v) is 5.00. The SMILES string of the molecule is CNC(=O)C(C)(C)/C=C/C(C)(C)C. The monoisotopic (exact) mass is 183 g/mol. The normalized spacial score (nSPS) is 13.4. The van der Waals surface area contributed by atoms with Crippen molar-refractivity contribution in [3.8, 4) is 0 Å². The molecule has 0 aromatic rings. The molecule has 0 bridgehead atoms. The van der Waals surface area contributed by atoms with Crippen LogP contribution >= 0.6 is 0 Å². The largest absolute Gasteiger partial charge is 0.358 e. The Labute approximate surface area is 81.4 Å². The topological polar surface area (TPSA) is 29.1 Å². The molecule has 13 heavy (non-hydrogen) atoms. The van der Waals surface area contributed by atoms with Crippen LogP contribution < -0.4 is 5.32 Å². The minimum Gasteiger partial charge on any atom is -0.358 e. The maximum atomic E-state index is 11.4. The summed E-state index contributed by atoms with van der Waals surface area (Å²) in [6.45, 7) is 10.2. The minimum absolute atomic E-state index is 0.0491. The number of allylic oxidation sites excluding steroid dienone is 1. The van der Waals surface area contributed by atoms with Crippen LogP contribution in [0.2, 0.25) is 0 Å². The van der Waals surface area contributed by atoms with E-state index in [1.807, 2.05) is 19.9 Å². The Bertz CT molecular complexity index is 209. The van der Waals surface area contributed by atoms with Crippen LogP contribution in [0.4, 0.5) is 0 Å². The predicted octanol–water partition coefficient (Wildman–Crippen LogP) is 2.36. The lowest BCUT2D eigenvalue weighted by molar-refractivity contribution is -0.126. The second kappa shape index (κ2) is 3.95. The molecule has 2 nitrogen and oxygen atoms in total. The summed E-state index contributed by atoms with van der Waals surface area (Å²) in [6.07, 6.45) is 4.04. The highest BCUT2D eigenvalue weighted by Crippen LogP contribution is 2.22. The predicted molar refractivity (Wildman–Crippen MR) is 56.4 cm³/mol. The first-order valence-corrected chi connectivity index (χ1v) is 4.61. The van der Waals surface area contributed by atoms with Gasteiger partial charge in [0.2, 0.25) is 5.91 Å². The average Bonchev–Trinajstić information content (AvgIpc) is 1.98. The van der Waals surface area contributed by atoms with Crippen molar-refractivity contribution in [1.82, 2.24) is 5.32 Å². The summed E-state index contributed by atoms with van der Waals surface area (Å²) in [4.78, 5) is 11.4. The molecule has 0 radical (unpaired) electrons. The maximum absolute atomic E-state index is 11.4. The third-order valence-corrected chi connectivity index (χ3v) is 1.81. The lowest BCUT2D eigenvalue weighted by Crippen LogP contribution is -2.33. The van der Waals surface area contributed by atoms with Crippen LogP contribution in [0, 0.1) is 10.8 Å². The van der Waals surface area contributed by atoms with Gasteiger partial charge in [0.25, 0.3) is 0 Å². The third-order valence-electron chi connectivity index (χ3n) is 1.81. The van der Waals surface area contributed by atoms with E-state index in [9.17, 15) is 4.79 Å². The van der Waals surface area contributed by atoms with Crippen LogP contribution in [0.3, 0.4) is 0 Å². The van der Waals surface area contributed by atoms with E-state index in [-0.39, 0.29) is 11.3 Å². The molecule has 0 atom stereocenters. The van der Waals surface area contributed by atoms with Gasteiger partial charge in [-0.3, -0.25) is 4.79 Å². The maximum Gasteiger partial charge on any atom is 0.229 e. The Balaban J connectivity index is 4.51. The molecule has 2 heteroatoms. The molecule has 76 valence electrons. The Hall–Kier alpha value is -0.790. The molecule has 0 unspecified atom stereocenters. The zero-order valence-corrected chi connectivity index (χ0v) is 9.56. The zero-order valence-electron chi connectivity index (χ0n) is 9.56. The summed E-state index contributed by atoms with van der Waals surface area (Å²) in [7, 11) is 1.66. The Morgan fingerprint density at radius 2 is 1.54 bits per heavy atom. The van der Waals surface area contributed by atoms with Gasteiger partial charge in [0.05, 0.1) is 5.41 Å². The van der Waals surface area contributed by atoms with Crippen molar-refractivity contribution in [2.75, 3.05) is 7.05 Å². The van der Waals surface area contributed by atoms with E-state index in [0.29, 0.717) is 0 Å². The smallest absolute Gasteiger partial charge is 0.229 e. The molecule has 1 amide bonds. The Kier molecular flexibility index (Phi) is 3.71. The van der Waals surface area contributed by atoms with Gasteiger partial charge in [-0.05, 0) is 19.3 Å². The molecule has 0 rings (SSSR count). The highest BCUT2D eigenvalue weighted by atomic mass is 16.2. The molecule has 0 aromatic carbocycles. The fraction of sp³-hybridized carbons (Fsp3) is 0.727. The molecule has 0 aliphatic heterocycles. The van der Waals surface area contributed by atoms with Gasteiger partial charge in [-0.1, -0.05) is 32.9 Å². The number of hydrogen-bond acceptors (Lipinski definition) is 1. The molecule has 0 aliphatic rings. The van der Waals surface area contributed by atoms with E-state index in [0.717, 1.165) is 0 Å². The van der Waals surface area contributed by atoms with E-state index in [2.05, 4.69) is 32.2 Å². The molecule has 0 fully saturated rings. The average molecular weight is 183 g/mol. The van der Waals surface area contributed by atoms with E-state index in [1.165, 1.54) is 0 Å². The molecule has 0 heterocycles. The second-order valence-electron chi connectivity index (χ2n) is 5.00. The van der Waals surface area contributed by atoms with Crippen LogP contribution in [0.1, 0.15) is 34.6 Å². The molecule has 0 spiro atoms. The van der Waals surface area contributed by atoms with E-state index in [4.69, 9.17) is 0 Å². The summed E-state index contributed by atoms with van der Waals surface area (Å²) < 4.78 is 0. The zero-order chi connectivity index (χ0) is 10.7. The van der Waals surface area contributed by atoms with Crippen molar-refractivity contribution in [3.05, 3.63) is 12.2 Å². The van der Waals surface area contributed by atoms with Gasteiger partial charge in [0.15, 0.2) is 0 Å². The summed E-state index contributed by atoms with van der Waals surface area (Å²) in [6, 6.07) is 0. The number of carbonyl (C=O) groups excluding carboxylic acids is 1. The van der Waals surface area contributed by atoms with E-state index >= 15 is 0 Å². The first-order valence-electron chi connectivity index (χ1n) is 4.61. The lowest BCUT2D eigenvalue weighted by Gasteiger charge is -2.20. The Morgan fingerprint density at radius 3 is 1.85 bits per heavy atom. The van der Waals surface area contributed by atoms with E-state index < -0.39 is 5.41 Å². The van der Waals surface area contributed by atoms with Crippen LogP contribution in [-0.2, 0) is 4.79 Å². The van der Waals surface area contributed by atoms with Crippen molar-refractivity contribution in [1.29, 1.82) is 0 Å². The van der Waals surface area contributed by atoms with Gasteiger partial charge in [-0.25, -0.2) is 0 Å². The number of hydrogen-bond donors (Lipinski definition) is 1. The van der Waals surface area contributed by atoms with Crippen LogP contribution in [0.5, 0.6) is 0 Å². The quantitative estimate of drug-likeness (QED) is 0.654. The number of carbonyl (C=O) groups is 1. The van der Waals surface area contributed by atoms with Crippen molar-refractivity contribution in [3.63, 3.8) is 0 Å². The fourth-order valence-electron chi connectivity index (χ4n) is 0.856. The van der Waals surface area contributed by atoms with Crippen molar-refractivity contribution < 1.29 is 4.79 Å². The number of amides is 1. The fourth-order valence-corrected chi connectivity index (χ4v) is 0.856. The molecular formula is C11H21NO. The summed E-state index contributed by atoms with van der Waals surface area (Å²) >= 11 is 0. The number of nitrogens with one attached hydrogen (secondary N) is 1. The van der Waals surface area contributed by atoms with Crippen molar-refractivity contribution in [2.24, 2.45) is 10.8 Å². The van der Waals surface area contributed by atoms with Gasteiger partial charge in [-0.2, -0.15) is 0 Å². The molecule has 0 saturated carbocycles. The van der Waals surface area contributed by atoms with Gasteiger partial charge < -0.3 is 5.32 Å². The van der Waals surface area contributed by atoms with Gasteiger partial charge >= 0.3 is 0 Å². The van der Waals surface area contributed by atoms with E-state index in [1.54, 1.807) is 7.05 Å².